The standard InChI is InChI=1S/C53H82O22/c1-10-23(2)44(67)75-41-42(70-24(3)56)53(22-55)26(17-48(41,4)5)25-11-12-30-49(6)15-14-32(50(7,21-54)29(49)13-16-51(30,8)52(25,9)18-31(53)59)71-47-39(73-46-36(63)34(61)28(58)20-69-46)37(64)38(40(74-47)43(65)66)72-45-35(62)33(60)27(57)19-68-45/h10-11,26-42,45-47,54-55,57-64H,12-22H2,1-9H3,(H,65,66)/b23-10-/t26-,27+,28+,29?,30?,31+,32-,33-,34-,35+,36+,37-,38-,39+,40-,41-,42-,45-,46-,47+,49-,50+,51+,52+,53-/m0/s1. The Balaban J connectivity index is 1.10. The van der Waals surface area contributed by atoms with Gasteiger partial charge in [-0.25, -0.2) is 9.59 Å². The number of aliphatic carboxylic acids is 1. The third kappa shape index (κ3) is 9.34. The maximum absolute atomic E-state index is 13.4. The van der Waals surface area contributed by atoms with Gasteiger partial charge in [-0.05, 0) is 92.8 Å². The number of aliphatic hydroxyl groups is 10. The molecule has 426 valence electrons. The van der Waals surface area contributed by atoms with Crippen molar-refractivity contribution in [3.63, 3.8) is 0 Å². The van der Waals surface area contributed by atoms with Crippen LogP contribution >= 0.6 is 0 Å². The fraction of sp³-hybridized carbons (Fsp3) is 0.868. The highest BCUT2D eigenvalue weighted by molar-refractivity contribution is 5.87. The number of allylic oxidation sites excluding steroid dienone is 3. The minimum atomic E-state index is -2.04. The lowest BCUT2D eigenvalue weighted by molar-refractivity contribution is -0.383. The van der Waals surface area contributed by atoms with Crippen molar-refractivity contribution >= 4 is 17.9 Å². The summed E-state index contributed by atoms with van der Waals surface area (Å²) in [6, 6.07) is 0. The van der Waals surface area contributed by atoms with E-state index in [0.717, 1.165) is 5.57 Å². The Labute approximate surface area is 436 Å². The van der Waals surface area contributed by atoms with Crippen LogP contribution in [0, 0.1) is 50.2 Å². The van der Waals surface area contributed by atoms with Crippen LogP contribution in [-0.2, 0) is 52.3 Å². The molecule has 0 spiro atoms. The molecule has 0 amide bonds. The van der Waals surface area contributed by atoms with E-state index in [2.05, 4.69) is 26.8 Å². The monoisotopic (exact) mass is 1070 g/mol. The van der Waals surface area contributed by atoms with E-state index in [4.69, 9.17) is 37.9 Å². The quantitative estimate of drug-likeness (QED) is 0.0528. The maximum Gasteiger partial charge on any atom is 0.335 e. The first-order valence-corrected chi connectivity index (χ1v) is 26.5. The van der Waals surface area contributed by atoms with Gasteiger partial charge < -0.3 is 94.1 Å². The van der Waals surface area contributed by atoms with Crippen molar-refractivity contribution in [2.24, 2.45) is 50.2 Å². The van der Waals surface area contributed by atoms with Crippen LogP contribution in [-0.4, -0.2) is 205 Å². The summed E-state index contributed by atoms with van der Waals surface area (Å²) in [7, 11) is 0. The smallest absolute Gasteiger partial charge is 0.335 e. The Hall–Kier alpha value is -2.75. The van der Waals surface area contributed by atoms with Gasteiger partial charge in [-0.1, -0.05) is 59.3 Å². The first-order chi connectivity index (χ1) is 35.0. The zero-order chi connectivity index (χ0) is 55.3. The Bertz CT molecular complexity index is 2190. The second-order valence-corrected chi connectivity index (χ2v) is 24.6. The number of esters is 2. The molecule has 8 aliphatic rings. The van der Waals surface area contributed by atoms with Crippen LogP contribution in [0.2, 0.25) is 0 Å². The number of hydrogen-bond acceptors (Lipinski definition) is 21. The van der Waals surface area contributed by atoms with Gasteiger partial charge in [0.1, 0.15) is 67.1 Å². The number of carboxylic acid groups (broad SMARTS) is 1. The van der Waals surface area contributed by atoms with Crippen LogP contribution in [0.4, 0.5) is 0 Å². The van der Waals surface area contributed by atoms with E-state index in [0.29, 0.717) is 37.7 Å². The van der Waals surface area contributed by atoms with E-state index >= 15 is 0 Å². The van der Waals surface area contributed by atoms with Crippen LogP contribution in [0.1, 0.15) is 107 Å². The van der Waals surface area contributed by atoms with Gasteiger partial charge in [-0.15, -0.1) is 0 Å². The van der Waals surface area contributed by atoms with Crippen molar-refractivity contribution in [1.82, 2.24) is 0 Å². The number of carbonyl (C=O) groups is 3. The van der Waals surface area contributed by atoms with E-state index < -0.39 is 187 Å². The molecule has 4 saturated carbocycles. The molecule has 0 aromatic carbocycles. The van der Waals surface area contributed by atoms with E-state index in [-0.39, 0.29) is 24.7 Å². The highest BCUT2D eigenvalue weighted by atomic mass is 16.8. The molecule has 5 aliphatic carbocycles. The molecular formula is C53H82O22. The minimum Gasteiger partial charge on any atom is -0.479 e. The molecule has 11 N–H and O–H groups in total. The summed E-state index contributed by atoms with van der Waals surface area (Å²) in [5.41, 5.74) is -3.51. The lowest BCUT2D eigenvalue weighted by Gasteiger charge is -2.72. The minimum absolute atomic E-state index is 0.0432. The van der Waals surface area contributed by atoms with Crippen molar-refractivity contribution < 1.29 is 108 Å². The molecular weight excluding hydrogens is 989 g/mol. The van der Waals surface area contributed by atoms with Crippen molar-refractivity contribution in [3.8, 4) is 0 Å². The van der Waals surface area contributed by atoms with Crippen molar-refractivity contribution in [2.75, 3.05) is 26.4 Å². The lowest BCUT2D eigenvalue weighted by Crippen LogP contribution is -2.72. The first kappa shape index (κ1) is 58.4. The third-order valence-corrected chi connectivity index (χ3v) is 20.3. The SMILES string of the molecule is C/C=C(/C)C(=O)O[C@H]1[C@H](OC(C)=O)[C@]2(CO)[C@H](O)C[C@]3(C)C(=CCC4[C@@]5(C)CC[C@H](O[C@@H]6O[C@H](C(=O)O)[C@@H](O[C@@H]7OC[C@@H](O)[C@H](O)[C@H]7O)[C@H](O)[C@H]6O[C@@H]6OC[C@@H](O)[C@H](O)[C@H]6O)[C@](C)(CO)C5CC[C@]43C)[C@@H]2CC1(C)C. The van der Waals surface area contributed by atoms with Crippen molar-refractivity contribution in [1.29, 1.82) is 0 Å². The molecule has 25 atom stereocenters. The second-order valence-electron chi connectivity index (χ2n) is 24.6. The Morgan fingerprint density at radius 3 is 1.85 bits per heavy atom. The molecule has 75 heavy (non-hydrogen) atoms. The molecule has 22 heteroatoms. The highest BCUT2D eigenvalue weighted by Crippen LogP contribution is 2.76. The van der Waals surface area contributed by atoms with Crippen LogP contribution < -0.4 is 0 Å². The summed E-state index contributed by atoms with van der Waals surface area (Å²) in [5.74, 6) is -3.65. The topological polar surface area (TPSA) is 348 Å². The van der Waals surface area contributed by atoms with Crippen LogP contribution in [0.25, 0.3) is 0 Å². The molecule has 22 nitrogen and oxygen atoms in total. The number of carboxylic acids is 1. The molecule has 7 fully saturated rings. The average molecular weight is 1070 g/mol. The van der Waals surface area contributed by atoms with Gasteiger partial charge in [-0.3, -0.25) is 4.79 Å². The number of aliphatic hydroxyl groups excluding tert-OH is 10. The van der Waals surface area contributed by atoms with E-state index in [1.54, 1.807) is 19.9 Å². The predicted molar refractivity (Wildman–Crippen MR) is 257 cm³/mol. The van der Waals surface area contributed by atoms with Gasteiger partial charge in [0.15, 0.2) is 25.0 Å². The molecule has 2 unspecified atom stereocenters. The summed E-state index contributed by atoms with van der Waals surface area (Å²) in [5, 5.41) is 121. The summed E-state index contributed by atoms with van der Waals surface area (Å²) in [4.78, 5) is 39.3. The fourth-order valence-corrected chi connectivity index (χ4v) is 15.7. The molecule has 0 bridgehead atoms. The van der Waals surface area contributed by atoms with Crippen LogP contribution in [0.3, 0.4) is 0 Å². The second kappa shape index (κ2) is 21.0. The molecule has 3 saturated heterocycles. The van der Waals surface area contributed by atoms with Crippen LogP contribution in [0.5, 0.6) is 0 Å². The van der Waals surface area contributed by atoms with Crippen molar-refractivity contribution in [2.45, 2.75) is 212 Å². The summed E-state index contributed by atoms with van der Waals surface area (Å²) in [6.07, 6.45) is -20.6. The molecule has 0 radical (unpaired) electrons. The zero-order valence-electron chi connectivity index (χ0n) is 44.4. The number of rotatable bonds is 12. The van der Waals surface area contributed by atoms with E-state index in [9.17, 15) is 70.6 Å². The summed E-state index contributed by atoms with van der Waals surface area (Å²) >= 11 is 0. The largest absolute Gasteiger partial charge is 0.479 e. The van der Waals surface area contributed by atoms with Gasteiger partial charge in [0, 0.05) is 23.3 Å². The van der Waals surface area contributed by atoms with Crippen molar-refractivity contribution in [3.05, 3.63) is 23.3 Å². The fourth-order valence-electron chi connectivity index (χ4n) is 15.7. The number of fused-ring (bicyclic) bond motifs is 7. The summed E-state index contributed by atoms with van der Waals surface area (Å²) < 4.78 is 47.9. The molecule has 0 aromatic rings. The molecule has 3 aliphatic heterocycles. The van der Waals surface area contributed by atoms with E-state index in [1.807, 2.05) is 20.8 Å². The number of ether oxygens (including phenoxy) is 8. The average Bonchev–Trinajstić information content (AvgIpc) is 3.34. The highest BCUT2D eigenvalue weighted by Gasteiger charge is 2.74. The van der Waals surface area contributed by atoms with Gasteiger partial charge in [0.05, 0.1) is 44.1 Å². The van der Waals surface area contributed by atoms with E-state index in [1.165, 1.54) is 6.92 Å². The number of hydrogen-bond donors (Lipinski definition) is 11. The normalized spacial score (nSPS) is 50.7. The maximum atomic E-state index is 13.4. The van der Waals surface area contributed by atoms with Crippen LogP contribution in [0.15, 0.2) is 23.3 Å². The molecule has 0 aromatic heterocycles. The van der Waals surface area contributed by atoms with Gasteiger partial charge in [-0.2, -0.15) is 0 Å². The number of carbonyl (C=O) groups excluding carboxylic acids is 2. The third-order valence-electron chi connectivity index (χ3n) is 20.3. The van der Waals surface area contributed by atoms with Gasteiger partial charge >= 0.3 is 17.9 Å². The lowest BCUT2D eigenvalue weighted by atomic mass is 9.33. The van der Waals surface area contributed by atoms with Gasteiger partial charge in [0.2, 0.25) is 0 Å². The summed E-state index contributed by atoms with van der Waals surface area (Å²) in [6.45, 7) is 15.1. The zero-order valence-corrected chi connectivity index (χ0v) is 44.4. The van der Waals surface area contributed by atoms with Gasteiger partial charge in [0.25, 0.3) is 0 Å². The Morgan fingerprint density at radius 2 is 1.31 bits per heavy atom. The predicted octanol–water partition coefficient (Wildman–Crippen LogP) is -0.0429. The molecule has 3 heterocycles. The Kier molecular flexibility index (Phi) is 16.4. The molecule has 8 rings (SSSR count). The Morgan fingerprint density at radius 1 is 0.707 bits per heavy atom. The first-order valence-electron chi connectivity index (χ1n) is 26.5.